The Hall–Kier alpha value is -1.13. The number of nitrogens with zero attached hydrogens (tertiary/aromatic N) is 1. The molecule has 18 heavy (non-hydrogen) atoms. The number of benzene rings is 1. The minimum atomic E-state index is -0.175. The van der Waals surface area contributed by atoms with Gasteiger partial charge in [-0.2, -0.15) is 0 Å². The van der Waals surface area contributed by atoms with Crippen LogP contribution in [-0.2, 0) is 6.42 Å². The van der Waals surface area contributed by atoms with Crippen LogP contribution in [0.2, 0.25) is 0 Å². The number of rotatable bonds is 3. The highest BCUT2D eigenvalue weighted by molar-refractivity contribution is 5.37. The summed E-state index contributed by atoms with van der Waals surface area (Å²) >= 11 is 0. The molecule has 0 saturated carbocycles. The highest BCUT2D eigenvalue weighted by Crippen LogP contribution is 2.29. The first-order valence-corrected chi connectivity index (χ1v) is 6.58. The number of fused-ring (bicyclic) bond motifs is 1. The number of ether oxygens (including phenoxy) is 1. The SMILES string of the molecule is CN(CC1Cc2cc(F)ccc2O1)C1CCNC1. The molecule has 2 atom stereocenters. The van der Waals surface area contributed by atoms with E-state index >= 15 is 0 Å². The summed E-state index contributed by atoms with van der Waals surface area (Å²) in [5.41, 5.74) is 0.998. The van der Waals surface area contributed by atoms with Crippen LogP contribution in [0.1, 0.15) is 12.0 Å². The maximum atomic E-state index is 13.1. The molecule has 1 aromatic carbocycles. The van der Waals surface area contributed by atoms with E-state index in [1.165, 1.54) is 12.5 Å². The fourth-order valence-corrected chi connectivity index (χ4v) is 2.88. The molecule has 0 aromatic heterocycles. The molecular formula is C14H19FN2O. The molecule has 2 heterocycles. The Morgan fingerprint density at radius 2 is 2.39 bits per heavy atom. The third kappa shape index (κ3) is 2.35. The third-order valence-electron chi connectivity index (χ3n) is 3.91. The molecule has 2 unspecified atom stereocenters. The Morgan fingerprint density at radius 3 is 3.17 bits per heavy atom. The van der Waals surface area contributed by atoms with E-state index < -0.39 is 0 Å². The molecule has 0 aliphatic carbocycles. The van der Waals surface area contributed by atoms with Gasteiger partial charge in [-0.05, 0) is 38.2 Å². The number of hydrogen-bond acceptors (Lipinski definition) is 3. The first-order chi connectivity index (χ1) is 8.72. The summed E-state index contributed by atoms with van der Waals surface area (Å²) in [5, 5.41) is 3.37. The summed E-state index contributed by atoms with van der Waals surface area (Å²) in [6.45, 7) is 3.07. The van der Waals surface area contributed by atoms with Crippen LogP contribution in [0, 0.1) is 5.82 Å². The van der Waals surface area contributed by atoms with Crippen LogP contribution in [0.5, 0.6) is 5.75 Å². The van der Waals surface area contributed by atoms with E-state index in [1.807, 2.05) is 0 Å². The maximum Gasteiger partial charge on any atom is 0.123 e. The Labute approximate surface area is 107 Å². The summed E-state index contributed by atoms with van der Waals surface area (Å²) in [6, 6.07) is 5.40. The molecular weight excluding hydrogens is 231 g/mol. The van der Waals surface area contributed by atoms with Crippen LogP contribution in [0.15, 0.2) is 18.2 Å². The average molecular weight is 250 g/mol. The van der Waals surface area contributed by atoms with E-state index in [9.17, 15) is 4.39 Å². The Balaban J connectivity index is 1.60. The molecule has 4 heteroatoms. The molecule has 3 rings (SSSR count). The van der Waals surface area contributed by atoms with Crippen LogP contribution >= 0.6 is 0 Å². The van der Waals surface area contributed by atoms with Crippen molar-refractivity contribution in [2.75, 3.05) is 26.7 Å². The number of hydrogen-bond donors (Lipinski definition) is 1. The van der Waals surface area contributed by atoms with Crippen molar-refractivity contribution >= 4 is 0 Å². The summed E-state index contributed by atoms with van der Waals surface area (Å²) < 4.78 is 19.0. The minimum absolute atomic E-state index is 0.160. The van der Waals surface area contributed by atoms with Crippen LogP contribution in [0.25, 0.3) is 0 Å². The van der Waals surface area contributed by atoms with Crippen LogP contribution in [0.3, 0.4) is 0 Å². The van der Waals surface area contributed by atoms with Crippen molar-refractivity contribution in [3.05, 3.63) is 29.6 Å². The van der Waals surface area contributed by atoms with Crippen LogP contribution in [-0.4, -0.2) is 43.7 Å². The van der Waals surface area contributed by atoms with Crippen molar-refractivity contribution in [2.24, 2.45) is 0 Å². The molecule has 0 radical (unpaired) electrons. The highest BCUT2D eigenvalue weighted by Gasteiger charge is 2.27. The standard InChI is InChI=1S/C14H19FN2O/c1-17(12-4-5-16-8-12)9-13-7-10-6-11(15)2-3-14(10)18-13/h2-3,6,12-13,16H,4-5,7-9H2,1H3. The van der Waals surface area contributed by atoms with Gasteiger partial charge in [0.1, 0.15) is 17.7 Å². The Kier molecular flexibility index (Phi) is 3.22. The Morgan fingerprint density at radius 1 is 1.50 bits per heavy atom. The molecule has 1 saturated heterocycles. The van der Waals surface area contributed by atoms with E-state index in [0.29, 0.717) is 6.04 Å². The van der Waals surface area contributed by atoms with Crippen molar-refractivity contribution in [3.8, 4) is 5.75 Å². The lowest BCUT2D eigenvalue weighted by Gasteiger charge is -2.26. The van der Waals surface area contributed by atoms with E-state index in [0.717, 1.165) is 37.4 Å². The lowest BCUT2D eigenvalue weighted by atomic mass is 10.1. The normalized spacial score (nSPS) is 26.4. The predicted octanol–water partition coefficient (Wildman–Crippen LogP) is 1.42. The van der Waals surface area contributed by atoms with Gasteiger partial charge in [-0.15, -0.1) is 0 Å². The van der Waals surface area contributed by atoms with E-state index in [1.54, 1.807) is 12.1 Å². The maximum absolute atomic E-state index is 13.1. The van der Waals surface area contributed by atoms with Crippen LogP contribution in [0.4, 0.5) is 4.39 Å². The lowest BCUT2D eigenvalue weighted by Crippen LogP contribution is -2.40. The molecule has 1 N–H and O–H groups in total. The number of nitrogens with one attached hydrogen (secondary N) is 1. The lowest BCUT2D eigenvalue weighted by molar-refractivity contribution is 0.144. The van der Waals surface area contributed by atoms with Gasteiger partial charge in [0.15, 0.2) is 0 Å². The van der Waals surface area contributed by atoms with Gasteiger partial charge in [0.25, 0.3) is 0 Å². The Bertz CT molecular complexity index is 432. The monoisotopic (exact) mass is 250 g/mol. The van der Waals surface area contributed by atoms with Gasteiger partial charge in [0.2, 0.25) is 0 Å². The first-order valence-electron chi connectivity index (χ1n) is 6.58. The van der Waals surface area contributed by atoms with Gasteiger partial charge < -0.3 is 10.1 Å². The van der Waals surface area contributed by atoms with E-state index in [2.05, 4.69) is 17.3 Å². The largest absolute Gasteiger partial charge is 0.488 e. The summed E-state index contributed by atoms with van der Waals surface area (Å²) in [7, 11) is 2.14. The fraction of sp³-hybridized carbons (Fsp3) is 0.571. The zero-order valence-electron chi connectivity index (χ0n) is 10.7. The minimum Gasteiger partial charge on any atom is -0.488 e. The van der Waals surface area contributed by atoms with Crippen molar-refractivity contribution in [1.29, 1.82) is 0 Å². The van der Waals surface area contributed by atoms with E-state index in [4.69, 9.17) is 4.74 Å². The molecule has 98 valence electrons. The van der Waals surface area contributed by atoms with Gasteiger partial charge in [-0.3, -0.25) is 4.90 Å². The van der Waals surface area contributed by atoms with Gasteiger partial charge in [0, 0.05) is 31.1 Å². The fourth-order valence-electron chi connectivity index (χ4n) is 2.88. The second-order valence-electron chi connectivity index (χ2n) is 5.28. The molecule has 0 bridgehead atoms. The van der Waals surface area contributed by atoms with Gasteiger partial charge in [-0.25, -0.2) is 4.39 Å². The zero-order chi connectivity index (χ0) is 12.5. The molecule has 0 amide bonds. The molecule has 2 aliphatic heterocycles. The summed E-state index contributed by atoms with van der Waals surface area (Å²) in [6.07, 6.45) is 2.18. The van der Waals surface area contributed by atoms with Crippen LogP contribution < -0.4 is 10.1 Å². The molecule has 0 spiro atoms. The molecule has 1 aromatic rings. The average Bonchev–Trinajstić information content (AvgIpc) is 2.95. The van der Waals surface area contributed by atoms with Gasteiger partial charge in [0.05, 0.1) is 0 Å². The summed E-state index contributed by atoms with van der Waals surface area (Å²) in [4.78, 5) is 2.35. The van der Waals surface area contributed by atoms with Crippen molar-refractivity contribution < 1.29 is 9.13 Å². The molecule has 2 aliphatic rings. The number of likely N-dealkylation sites (N-methyl/N-ethyl adjacent to an activating group) is 1. The highest BCUT2D eigenvalue weighted by atomic mass is 19.1. The van der Waals surface area contributed by atoms with E-state index in [-0.39, 0.29) is 11.9 Å². The predicted molar refractivity (Wildman–Crippen MR) is 68.4 cm³/mol. The number of halogens is 1. The smallest absolute Gasteiger partial charge is 0.123 e. The third-order valence-corrected chi connectivity index (χ3v) is 3.91. The topological polar surface area (TPSA) is 24.5 Å². The molecule has 3 nitrogen and oxygen atoms in total. The molecule has 1 fully saturated rings. The van der Waals surface area contributed by atoms with Crippen molar-refractivity contribution in [2.45, 2.75) is 25.0 Å². The first kappa shape index (κ1) is 11.9. The van der Waals surface area contributed by atoms with Crippen molar-refractivity contribution in [1.82, 2.24) is 10.2 Å². The van der Waals surface area contributed by atoms with Gasteiger partial charge in [-0.1, -0.05) is 0 Å². The zero-order valence-corrected chi connectivity index (χ0v) is 10.7. The van der Waals surface area contributed by atoms with Crippen molar-refractivity contribution in [3.63, 3.8) is 0 Å². The second-order valence-corrected chi connectivity index (χ2v) is 5.28. The van der Waals surface area contributed by atoms with Gasteiger partial charge >= 0.3 is 0 Å². The second kappa shape index (κ2) is 4.86. The summed E-state index contributed by atoms with van der Waals surface area (Å²) in [5.74, 6) is 0.672. The quantitative estimate of drug-likeness (QED) is 0.878.